The van der Waals surface area contributed by atoms with Crippen LogP contribution in [-0.2, 0) is 9.47 Å². The molecule has 126 valence electrons. The van der Waals surface area contributed by atoms with Crippen LogP contribution in [0, 0.1) is 12.7 Å². The number of esters is 1. The van der Waals surface area contributed by atoms with Gasteiger partial charge >= 0.3 is 12.0 Å². The number of hydrogen-bond donors (Lipinski definition) is 1. The van der Waals surface area contributed by atoms with Gasteiger partial charge in [0.25, 0.3) is 0 Å². The van der Waals surface area contributed by atoms with E-state index in [2.05, 4.69) is 10.1 Å². The molecule has 1 fully saturated rings. The highest BCUT2D eigenvalue weighted by Gasteiger charge is 2.26. The van der Waals surface area contributed by atoms with Crippen molar-refractivity contribution in [1.82, 2.24) is 4.90 Å². The summed E-state index contributed by atoms with van der Waals surface area (Å²) in [5.41, 5.74) is 0.567. The Kier molecular flexibility index (Phi) is 5.20. The smallest absolute Gasteiger partial charge is 0.338 e. The van der Waals surface area contributed by atoms with Gasteiger partial charge in [-0.3, -0.25) is 0 Å². The van der Waals surface area contributed by atoms with E-state index in [4.69, 9.17) is 4.74 Å². The van der Waals surface area contributed by atoms with Gasteiger partial charge in [-0.2, -0.15) is 0 Å². The highest BCUT2D eigenvalue weighted by Crippen LogP contribution is 2.22. The largest absolute Gasteiger partial charge is 0.465 e. The first-order chi connectivity index (χ1) is 10.8. The van der Waals surface area contributed by atoms with E-state index < -0.39 is 11.8 Å². The number of morpholine rings is 1. The second-order valence-electron chi connectivity index (χ2n) is 5.71. The molecule has 1 heterocycles. The molecular weight excluding hydrogens is 303 g/mol. The molecule has 7 heteroatoms. The number of carbonyl (C=O) groups excluding carboxylic acids is 2. The van der Waals surface area contributed by atoms with Gasteiger partial charge in [0.2, 0.25) is 0 Å². The molecule has 1 aliphatic heterocycles. The molecule has 2 atom stereocenters. The SMILES string of the molecule is COC(=O)c1cc(F)c(C)c(NC(=O)N2C[C@H](C)O[C@@H](C)C2)c1. The highest BCUT2D eigenvalue weighted by atomic mass is 19.1. The van der Waals surface area contributed by atoms with E-state index in [0.29, 0.717) is 13.1 Å². The molecule has 0 aromatic heterocycles. The molecule has 1 aliphatic rings. The van der Waals surface area contributed by atoms with Crippen molar-refractivity contribution in [3.05, 3.63) is 29.1 Å². The Hall–Kier alpha value is -2.15. The second kappa shape index (κ2) is 6.95. The van der Waals surface area contributed by atoms with Gasteiger partial charge < -0.3 is 19.7 Å². The first-order valence-corrected chi connectivity index (χ1v) is 7.41. The maximum atomic E-state index is 14.0. The minimum atomic E-state index is -0.659. The fourth-order valence-corrected chi connectivity index (χ4v) is 2.58. The fourth-order valence-electron chi connectivity index (χ4n) is 2.58. The number of hydrogen-bond acceptors (Lipinski definition) is 4. The van der Waals surface area contributed by atoms with Crippen LogP contribution in [0.2, 0.25) is 0 Å². The number of carbonyl (C=O) groups is 2. The van der Waals surface area contributed by atoms with Gasteiger partial charge in [-0.25, -0.2) is 14.0 Å². The summed E-state index contributed by atoms with van der Waals surface area (Å²) in [6, 6.07) is 2.15. The van der Waals surface area contributed by atoms with Gasteiger partial charge in [-0.15, -0.1) is 0 Å². The number of halogens is 1. The summed E-state index contributed by atoms with van der Waals surface area (Å²) < 4.78 is 24.1. The van der Waals surface area contributed by atoms with E-state index in [9.17, 15) is 14.0 Å². The van der Waals surface area contributed by atoms with E-state index in [1.165, 1.54) is 20.1 Å². The van der Waals surface area contributed by atoms with E-state index in [1.807, 2.05) is 13.8 Å². The molecule has 0 bridgehead atoms. The van der Waals surface area contributed by atoms with Crippen LogP contribution >= 0.6 is 0 Å². The van der Waals surface area contributed by atoms with Crippen molar-refractivity contribution in [2.75, 3.05) is 25.5 Å². The molecule has 23 heavy (non-hydrogen) atoms. The Labute approximate surface area is 134 Å². The van der Waals surface area contributed by atoms with Crippen molar-refractivity contribution in [2.24, 2.45) is 0 Å². The molecule has 0 aliphatic carbocycles. The Bertz CT molecular complexity index is 610. The van der Waals surface area contributed by atoms with Crippen LogP contribution in [0.15, 0.2) is 12.1 Å². The normalized spacial score (nSPS) is 21.0. The lowest BCUT2D eigenvalue weighted by atomic mass is 10.1. The molecule has 6 nitrogen and oxygen atoms in total. The number of anilines is 1. The van der Waals surface area contributed by atoms with Gasteiger partial charge in [0.15, 0.2) is 0 Å². The first kappa shape index (κ1) is 17.2. The average molecular weight is 324 g/mol. The third-order valence-corrected chi connectivity index (χ3v) is 3.71. The Morgan fingerprint density at radius 1 is 1.30 bits per heavy atom. The Morgan fingerprint density at radius 3 is 2.48 bits per heavy atom. The number of urea groups is 1. The minimum absolute atomic E-state index is 0.0506. The summed E-state index contributed by atoms with van der Waals surface area (Å²) in [6.45, 7) is 6.22. The van der Waals surface area contributed by atoms with Crippen molar-refractivity contribution in [3.8, 4) is 0 Å². The molecule has 0 spiro atoms. The molecular formula is C16H21FN2O4. The summed E-state index contributed by atoms with van der Waals surface area (Å²) in [5, 5.41) is 2.66. The van der Waals surface area contributed by atoms with E-state index >= 15 is 0 Å². The van der Waals surface area contributed by atoms with Gasteiger partial charge in [0.05, 0.1) is 24.9 Å². The highest BCUT2D eigenvalue weighted by molar-refractivity contribution is 5.94. The zero-order valence-corrected chi connectivity index (χ0v) is 13.7. The van der Waals surface area contributed by atoms with Crippen molar-refractivity contribution < 1.29 is 23.5 Å². The lowest BCUT2D eigenvalue weighted by Gasteiger charge is -2.35. The Balaban J connectivity index is 2.20. The van der Waals surface area contributed by atoms with Crippen LogP contribution in [0.5, 0.6) is 0 Å². The number of ether oxygens (including phenoxy) is 2. The van der Waals surface area contributed by atoms with E-state index in [1.54, 1.807) is 4.90 Å². The number of rotatable bonds is 2. The van der Waals surface area contributed by atoms with E-state index in [-0.39, 0.29) is 35.1 Å². The van der Waals surface area contributed by atoms with Crippen LogP contribution in [0.4, 0.5) is 14.9 Å². The monoisotopic (exact) mass is 324 g/mol. The third kappa shape index (κ3) is 3.98. The van der Waals surface area contributed by atoms with Crippen LogP contribution < -0.4 is 5.32 Å². The first-order valence-electron chi connectivity index (χ1n) is 7.41. The Morgan fingerprint density at radius 2 is 1.91 bits per heavy atom. The van der Waals surface area contributed by atoms with Crippen LogP contribution in [0.25, 0.3) is 0 Å². The second-order valence-corrected chi connectivity index (χ2v) is 5.71. The molecule has 1 aromatic carbocycles. The fraction of sp³-hybridized carbons (Fsp3) is 0.500. The third-order valence-electron chi connectivity index (χ3n) is 3.71. The molecule has 2 rings (SSSR count). The van der Waals surface area contributed by atoms with Crippen LogP contribution in [0.1, 0.15) is 29.8 Å². The molecule has 0 radical (unpaired) electrons. The quantitative estimate of drug-likeness (QED) is 0.849. The van der Waals surface area contributed by atoms with Gasteiger partial charge in [-0.1, -0.05) is 0 Å². The van der Waals surface area contributed by atoms with Crippen molar-refractivity contribution >= 4 is 17.7 Å². The van der Waals surface area contributed by atoms with Crippen molar-refractivity contribution in [2.45, 2.75) is 33.0 Å². The van der Waals surface area contributed by atoms with Gasteiger partial charge in [0, 0.05) is 24.3 Å². The molecule has 0 saturated carbocycles. The zero-order valence-electron chi connectivity index (χ0n) is 13.7. The number of methoxy groups -OCH3 is 1. The van der Waals surface area contributed by atoms with Gasteiger partial charge in [-0.05, 0) is 32.9 Å². The summed E-state index contributed by atoms with van der Waals surface area (Å²) in [7, 11) is 1.22. The summed E-state index contributed by atoms with van der Waals surface area (Å²) in [4.78, 5) is 25.6. The van der Waals surface area contributed by atoms with Crippen LogP contribution in [0.3, 0.4) is 0 Å². The predicted molar refractivity (Wildman–Crippen MR) is 83.1 cm³/mol. The summed E-state index contributed by atoms with van der Waals surface area (Å²) in [6.07, 6.45) is -0.132. The van der Waals surface area contributed by atoms with E-state index in [0.717, 1.165) is 6.07 Å². The predicted octanol–water partition coefficient (Wildman–Crippen LogP) is 2.56. The van der Waals surface area contributed by atoms with Crippen LogP contribution in [-0.4, -0.2) is 49.3 Å². The maximum Gasteiger partial charge on any atom is 0.338 e. The molecule has 2 amide bonds. The molecule has 1 aromatic rings. The summed E-state index contributed by atoms with van der Waals surface area (Å²) in [5.74, 6) is -1.24. The average Bonchev–Trinajstić information content (AvgIpc) is 2.49. The zero-order chi connectivity index (χ0) is 17.1. The molecule has 1 saturated heterocycles. The van der Waals surface area contributed by atoms with Gasteiger partial charge in [0.1, 0.15) is 5.82 Å². The topological polar surface area (TPSA) is 67.9 Å². The van der Waals surface area contributed by atoms with Crippen molar-refractivity contribution in [1.29, 1.82) is 0 Å². The standard InChI is InChI=1S/C16H21FN2O4/c1-9-7-19(8-10(2)23-9)16(21)18-14-6-12(15(20)22-4)5-13(17)11(14)3/h5-6,9-10H,7-8H2,1-4H3,(H,18,21)/t9-,10-/m0/s1. The summed E-state index contributed by atoms with van der Waals surface area (Å²) >= 11 is 0. The number of nitrogens with one attached hydrogen (secondary N) is 1. The molecule has 0 unspecified atom stereocenters. The van der Waals surface area contributed by atoms with Crippen molar-refractivity contribution in [3.63, 3.8) is 0 Å². The number of nitrogens with zero attached hydrogens (tertiary/aromatic N) is 1. The maximum absolute atomic E-state index is 14.0. The lowest BCUT2D eigenvalue weighted by Crippen LogP contribution is -2.49. The minimum Gasteiger partial charge on any atom is -0.465 e. The number of amides is 2. The lowest BCUT2D eigenvalue weighted by molar-refractivity contribution is -0.0530. The molecule has 1 N–H and O–H groups in total. The number of benzene rings is 1.